The van der Waals surface area contributed by atoms with Gasteiger partial charge < -0.3 is 5.32 Å². The Hall–Kier alpha value is -0.530. The molecule has 4 bridgehead atoms. The monoisotopic (exact) mass is 371 g/mol. The summed E-state index contributed by atoms with van der Waals surface area (Å²) in [6.45, 7) is 4.94. The quantitative estimate of drug-likeness (QED) is 0.650. The van der Waals surface area contributed by atoms with Crippen molar-refractivity contribution in [3.05, 3.63) is 34.9 Å². The molecule has 2 unspecified atom stereocenters. The lowest BCUT2D eigenvalue weighted by molar-refractivity contribution is -0.0895. The molecule has 1 nitrogen and oxygen atoms in total. The van der Waals surface area contributed by atoms with Crippen molar-refractivity contribution in [1.29, 1.82) is 0 Å². The Morgan fingerprint density at radius 2 is 1.69 bits per heavy atom. The molecule has 1 aromatic rings. The lowest BCUT2D eigenvalue weighted by atomic mass is 9.41. The molecule has 2 heteroatoms. The highest BCUT2D eigenvalue weighted by Crippen LogP contribution is 2.66. The summed E-state index contributed by atoms with van der Waals surface area (Å²) in [6, 6.07) is 10.3. The van der Waals surface area contributed by atoms with Crippen LogP contribution in [0.15, 0.2) is 24.3 Å². The molecule has 5 fully saturated rings. The Morgan fingerprint density at radius 3 is 2.31 bits per heavy atom. The van der Waals surface area contributed by atoms with E-state index in [4.69, 9.17) is 11.6 Å². The van der Waals surface area contributed by atoms with Crippen molar-refractivity contribution in [2.24, 2.45) is 23.2 Å². The highest BCUT2D eigenvalue weighted by Gasteiger charge is 2.59. The van der Waals surface area contributed by atoms with Crippen molar-refractivity contribution in [2.45, 2.75) is 89.1 Å². The minimum Gasteiger partial charge on any atom is -0.311 e. The summed E-state index contributed by atoms with van der Waals surface area (Å²) >= 11 is 6.19. The molecule has 5 aliphatic carbocycles. The number of rotatable bonds is 4. The van der Waals surface area contributed by atoms with Gasteiger partial charge in [0.25, 0.3) is 0 Å². The molecule has 0 saturated heterocycles. The summed E-state index contributed by atoms with van der Waals surface area (Å²) in [6.07, 6.45) is 12.8. The molecule has 6 rings (SSSR count). The van der Waals surface area contributed by atoms with E-state index in [1.807, 2.05) is 0 Å². The van der Waals surface area contributed by atoms with E-state index in [0.717, 1.165) is 28.8 Å². The van der Waals surface area contributed by atoms with Gasteiger partial charge in [-0.1, -0.05) is 30.7 Å². The lowest BCUT2D eigenvalue weighted by Gasteiger charge is -2.64. The number of hydrogen-bond acceptors (Lipinski definition) is 1. The van der Waals surface area contributed by atoms with Gasteiger partial charge in [-0.05, 0) is 111 Å². The second kappa shape index (κ2) is 6.24. The van der Waals surface area contributed by atoms with Gasteiger partial charge in [0.1, 0.15) is 0 Å². The number of benzene rings is 1. The SMILES string of the molecule is C[C@@H]1CC[C@H](N[C@@H](C)C23C[C@@H]4C[C@@H](CC(c5ccc(Cl)cc5)(C4)C2)C3)C1. The minimum atomic E-state index is 0.424. The van der Waals surface area contributed by atoms with Crippen molar-refractivity contribution >= 4 is 11.6 Å². The van der Waals surface area contributed by atoms with E-state index in [1.165, 1.54) is 57.8 Å². The smallest absolute Gasteiger partial charge is 0.0406 e. The van der Waals surface area contributed by atoms with Crippen LogP contribution < -0.4 is 5.32 Å². The van der Waals surface area contributed by atoms with Gasteiger partial charge in [0, 0.05) is 17.1 Å². The van der Waals surface area contributed by atoms with Gasteiger partial charge in [0.15, 0.2) is 0 Å². The summed E-state index contributed by atoms with van der Waals surface area (Å²) in [7, 11) is 0. The number of nitrogens with one attached hydrogen (secondary N) is 1. The molecular formula is C24H34ClN. The molecule has 7 atom stereocenters. The van der Waals surface area contributed by atoms with Crippen LogP contribution in [0.4, 0.5) is 0 Å². The normalized spacial score (nSPS) is 45.2. The second-order valence-corrected chi connectivity index (χ2v) is 11.1. The predicted octanol–water partition coefficient (Wildman–Crippen LogP) is 6.34. The van der Waals surface area contributed by atoms with Gasteiger partial charge in [0.2, 0.25) is 0 Å². The van der Waals surface area contributed by atoms with Gasteiger partial charge in [-0.25, -0.2) is 0 Å². The minimum absolute atomic E-state index is 0.424. The van der Waals surface area contributed by atoms with Gasteiger partial charge in [-0.3, -0.25) is 0 Å². The third-order valence-corrected chi connectivity index (χ3v) is 8.91. The van der Waals surface area contributed by atoms with Crippen LogP contribution in [-0.2, 0) is 5.41 Å². The summed E-state index contributed by atoms with van der Waals surface area (Å²) in [5.41, 5.74) is 2.52. The highest BCUT2D eigenvalue weighted by molar-refractivity contribution is 6.30. The molecule has 142 valence electrons. The maximum atomic E-state index is 6.19. The fraction of sp³-hybridized carbons (Fsp3) is 0.750. The van der Waals surface area contributed by atoms with Crippen molar-refractivity contribution in [3.63, 3.8) is 0 Å². The highest BCUT2D eigenvalue weighted by atomic mass is 35.5. The molecule has 26 heavy (non-hydrogen) atoms. The molecule has 5 saturated carbocycles. The van der Waals surface area contributed by atoms with E-state index in [9.17, 15) is 0 Å². The van der Waals surface area contributed by atoms with E-state index in [0.29, 0.717) is 16.9 Å². The van der Waals surface area contributed by atoms with Crippen molar-refractivity contribution in [2.75, 3.05) is 0 Å². The Kier molecular flexibility index (Phi) is 4.22. The van der Waals surface area contributed by atoms with Crippen molar-refractivity contribution < 1.29 is 0 Å². The zero-order valence-corrected chi connectivity index (χ0v) is 17.2. The summed E-state index contributed by atoms with van der Waals surface area (Å²) < 4.78 is 0. The molecule has 1 aromatic carbocycles. The number of halogens is 1. The first-order chi connectivity index (χ1) is 12.5. The van der Waals surface area contributed by atoms with Crippen LogP contribution in [0, 0.1) is 23.2 Å². The fourth-order valence-electron chi connectivity index (χ4n) is 7.87. The molecule has 0 amide bonds. The first-order valence-electron chi connectivity index (χ1n) is 11.0. The maximum absolute atomic E-state index is 6.19. The number of hydrogen-bond donors (Lipinski definition) is 1. The molecule has 0 radical (unpaired) electrons. The summed E-state index contributed by atoms with van der Waals surface area (Å²) in [4.78, 5) is 0. The third-order valence-electron chi connectivity index (χ3n) is 8.66. The van der Waals surface area contributed by atoms with Crippen LogP contribution in [0.2, 0.25) is 5.02 Å². The molecular weight excluding hydrogens is 338 g/mol. The van der Waals surface area contributed by atoms with Crippen LogP contribution >= 0.6 is 11.6 Å². The zero-order chi connectivity index (χ0) is 17.9. The van der Waals surface area contributed by atoms with Crippen molar-refractivity contribution in [3.8, 4) is 0 Å². The van der Waals surface area contributed by atoms with E-state index in [1.54, 1.807) is 5.56 Å². The summed E-state index contributed by atoms with van der Waals surface area (Å²) in [5.74, 6) is 2.80. The van der Waals surface area contributed by atoms with E-state index in [2.05, 4.69) is 43.4 Å². The maximum Gasteiger partial charge on any atom is 0.0406 e. The average molecular weight is 372 g/mol. The second-order valence-electron chi connectivity index (χ2n) is 10.6. The standard InChI is InChI=1S/C24H34ClN/c1-16-3-8-22(9-16)26-17(2)23-11-18-10-19(12-23)14-24(13-18,15-23)20-4-6-21(25)7-5-20/h4-7,16-19,22,26H,3,8-15H2,1-2H3/t16-,17+,18-,19+,22+,23?,24?/m1/s1. The Bertz CT molecular complexity index is 651. The van der Waals surface area contributed by atoms with E-state index < -0.39 is 0 Å². The largest absolute Gasteiger partial charge is 0.311 e. The molecule has 5 aliphatic rings. The first kappa shape index (κ1) is 17.6. The van der Waals surface area contributed by atoms with Crippen LogP contribution in [0.25, 0.3) is 0 Å². The lowest BCUT2D eigenvalue weighted by Crippen LogP contribution is -2.60. The van der Waals surface area contributed by atoms with E-state index >= 15 is 0 Å². The first-order valence-corrected chi connectivity index (χ1v) is 11.4. The molecule has 0 spiro atoms. The van der Waals surface area contributed by atoms with Crippen LogP contribution in [-0.4, -0.2) is 12.1 Å². The Balaban J connectivity index is 1.42. The average Bonchev–Trinajstić information content (AvgIpc) is 2.99. The fourth-order valence-corrected chi connectivity index (χ4v) is 8.00. The van der Waals surface area contributed by atoms with Crippen LogP contribution in [0.3, 0.4) is 0 Å². The van der Waals surface area contributed by atoms with Gasteiger partial charge >= 0.3 is 0 Å². The van der Waals surface area contributed by atoms with E-state index in [-0.39, 0.29) is 0 Å². The van der Waals surface area contributed by atoms with Gasteiger partial charge in [-0.2, -0.15) is 0 Å². The van der Waals surface area contributed by atoms with Gasteiger partial charge in [0.05, 0.1) is 0 Å². The summed E-state index contributed by atoms with van der Waals surface area (Å²) in [5, 5.41) is 5.00. The van der Waals surface area contributed by atoms with Crippen LogP contribution in [0.1, 0.15) is 77.2 Å². The molecule has 1 N–H and O–H groups in total. The topological polar surface area (TPSA) is 12.0 Å². The van der Waals surface area contributed by atoms with Crippen LogP contribution in [0.5, 0.6) is 0 Å². The predicted molar refractivity (Wildman–Crippen MR) is 110 cm³/mol. The Morgan fingerprint density at radius 1 is 1.00 bits per heavy atom. The van der Waals surface area contributed by atoms with Crippen molar-refractivity contribution in [1.82, 2.24) is 5.32 Å². The molecule has 0 aromatic heterocycles. The zero-order valence-electron chi connectivity index (χ0n) is 16.4. The Labute approximate surface area is 164 Å². The molecule has 0 heterocycles. The van der Waals surface area contributed by atoms with Gasteiger partial charge in [-0.15, -0.1) is 0 Å². The molecule has 0 aliphatic heterocycles. The third kappa shape index (κ3) is 2.85.